The first kappa shape index (κ1) is 18.4. The minimum absolute atomic E-state index is 0.00735. The number of fused-ring (bicyclic) bond motifs is 1. The molecule has 0 unspecified atom stereocenters. The molecule has 1 aromatic heterocycles. The molecule has 0 spiro atoms. The Balaban J connectivity index is 2.16. The number of hydrogen-bond acceptors (Lipinski definition) is 5. The number of rotatable bonds is 2. The Labute approximate surface area is 151 Å². The second-order valence-corrected chi connectivity index (χ2v) is 5.97. The van der Waals surface area contributed by atoms with E-state index in [4.69, 9.17) is 10.5 Å². The first-order chi connectivity index (χ1) is 12.6. The summed E-state index contributed by atoms with van der Waals surface area (Å²) in [4.78, 5) is 12.8. The van der Waals surface area contributed by atoms with Crippen molar-refractivity contribution in [2.45, 2.75) is 19.2 Å². The van der Waals surface area contributed by atoms with Crippen LogP contribution in [-0.2, 0) is 7.05 Å². The SMILES string of the molecule is Cc1cc2c(c(=O)n1C)[C@@H](c1ccc(OC(F)(F)F)cc1)C(C#N)=C(N)O2. The number of nitrogens with two attached hydrogens (primary N) is 1. The van der Waals surface area contributed by atoms with E-state index in [2.05, 4.69) is 4.74 Å². The molecule has 9 heteroatoms. The molecule has 0 saturated heterocycles. The zero-order chi connectivity index (χ0) is 19.9. The highest BCUT2D eigenvalue weighted by molar-refractivity contribution is 5.55. The first-order valence-corrected chi connectivity index (χ1v) is 7.76. The molecule has 2 heterocycles. The lowest BCUT2D eigenvalue weighted by Gasteiger charge is -2.26. The third kappa shape index (κ3) is 3.33. The Bertz CT molecular complexity index is 1030. The van der Waals surface area contributed by atoms with Gasteiger partial charge < -0.3 is 19.8 Å². The van der Waals surface area contributed by atoms with Gasteiger partial charge in [0.05, 0.1) is 11.5 Å². The largest absolute Gasteiger partial charge is 0.573 e. The molecule has 0 amide bonds. The van der Waals surface area contributed by atoms with Gasteiger partial charge in [-0.15, -0.1) is 13.2 Å². The number of hydrogen-bond donors (Lipinski definition) is 1. The third-order valence-corrected chi connectivity index (χ3v) is 4.30. The van der Waals surface area contributed by atoms with Gasteiger partial charge in [-0.05, 0) is 24.6 Å². The summed E-state index contributed by atoms with van der Waals surface area (Å²) in [5.74, 6) is -1.21. The highest BCUT2D eigenvalue weighted by Crippen LogP contribution is 2.40. The lowest BCUT2D eigenvalue weighted by Crippen LogP contribution is -2.31. The molecular formula is C18H14F3N3O3. The number of halogens is 3. The number of nitriles is 1. The zero-order valence-corrected chi connectivity index (χ0v) is 14.3. The van der Waals surface area contributed by atoms with Crippen molar-refractivity contribution in [3.63, 3.8) is 0 Å². The van der Waals surface area contributed by atoms with E-state index in [9.17, 15) is 23.2 Å². The van der Waals surface area contributed by atoms with Crippen LogP contribution in [0.5, 0.6) is 11.5 Å². The maximum absolute atomic E-state index is 12.8. The molecule has 1 aromatic carbocycles. The molecule has 6 nitrogen and oxygen atoms in total. The average Bonchev–Trinajstić information content (AvgIpc) is 2.58. The molecule has 0 fully saturated rings. The van der Waals surface area contributed by atoms with Crippen molar-refractivity contribution in [3.8, 4) is 17.6 Å². The van der Waals surface area contributed by atoms with E-state index in [0.29, 0.717) is 11.3 Å². The molecule has 2 N–H and O–H groups in total. The van der Waals surface area contributed by atoms with Gasteiger partial charge in [0.2, 0.25) is 5.88 Å². The van der Waals surface area contributed by atoms with E-state index < -0.39 is 18.0 Å². The van der Waals surface area contributed by atoms with Gasteiger partial charge in [-0.2, -0.15) is 5.26 Å². The second kappa shape index (κ2) is 6.39. The lowest BCUT2D eigenvalue weighted by atomic mass is 9.84. The van der Waals surface area contributed by atoms with Crippen molar-refractivity contribution >= 4 is 0 Å². The minimum Gasteiger partial charge on any atom is -0.440 e. The van der Waals surface area contributed by atoms with Crippen LogP contribution in [-0.4, -0.2) is 10.9 Å². The van der Waals surface area contributed by atoms with E-state index in [-0.39, 0.29) is 28.3 Å². The summed E-state index contributed by atoms with van der Waals surface area (Å²) >= 11 is 0. The second-order valence-electron chi connectivity index (χ2n) is 5.97. The summed E-state index contributed by atoms with van der Waals surface area (Å²) in [6.07, 6.45) is -4.82. The van der Waals surface area contributed by atoms with Gasteiger partial charge >= 0.3 is 6.36 Å². The molecule has 2 aromatic rings. The van der Waals surface area contributed by atoms with Crippen LogP contribution in [0.3, 0.4) is 0 Å². The van der Waals surface area contributed by atoms with Gasteiger partial charge in [-0.3, -0.25) is 4.79 Å². The summed E-state index contributed by atoms with van der Waals surface area (Å²) in [5.41, 5.74) is 6.69. The van der Waals surface area contributed by atoms with Crippen LogP contribution in [0, 0.1) is 18.3 Å². The quantitative estimate of drug-likeness (QED) is 0.869. The third-order valence-electron chi connectivity index (χ3n) is 4.30. The number of alkyl halides is 3. The molecule has 0 saturated carbocycles. The molecule has 0 radical (unpaired) electrons. The van der Waals surface area contributed by atoms with Crippen molar-refractivity contribution in [1.82, 2.24) is 4.57 Å². The first-order valence-electron chi connectivity index (χ1n) is 7.76. The Kier molecular flexibility index (Phi) is 4.35. The number of aryl methyl sites for hydroxylation is 1. The van der Waals surface area contributed by atoms with Crippen molar-refractivity contribution in [2.75, 3.05) is 0 Å². The van der Waals surface area contributed by atoms with E-state index >= 15 is 0 Å². The fraction of sp³-hybridized carbons (Fsp3) is 0.222. The van der Waals surface area contributed by atoms with E-state index in [0.717, 1.165) is 12.1 Å². The monoisotopic (exact) mass is 377 g/mol. The summed E-state index contributed by atoms with van der Waals surface area (Å²) < 4.78 is 47.7. The number of nitrogens with zero attached hydrogens (tertiary/aromatic N) is 2. The standard InChI is InChI=1S/C18H14F3N3O3/c1-9-7-13-15(17(25)24(9)2)14(12(8-22)16(23)26-13)10-3-5-11(6-4-10)27-18(19,20)21/h3-7,14H,23H2,1-2H3/t14-/m0/s1. The number of aromatic nitrogens is 1. The Morgan fingerprint density at radius 2 is 1.93 bits per heavy atom. The van der Waals surface area contributed by atoms with Gasteiger partial charge in [-0.1, -0.05) is 12.1 Å². The van der Waals surface area contributed by atoms with Crippen LogP contribution < -0.4 is 20.8 Å². The molecule has 1 atom stereocenters. The number of allylic oxidation sites excluding steroid dienone is 1. The highest BCUT2D eigenvalue weighted by atomic mass is 19.4. The predicted molar refractivity (Wildman–Crippen MR) is 88.8 cm³/mol. The van der Waals surface area contributed by atoms with E-state index in [1.54, 1.807) is 20.0 Å². The zero-order valence-electron chi connectivity index (χ0n) is 14.3. The molecule has 27 heavy (non-hydrogen) atoms. The Morgan fingerprint density at radius 1 is 1.30 bits per heavy atom. The van der Waals surface area contributed by atoms with Gasteiger partial charge in [-0.25, -0.2) is 0 Å². The van der Waals surface area contributed by atoms with E-state index in [1.807, 2.05) is 6.07 Å². The number of ether oxygens (including phenoxy) is 2. The predicted octanol–water partition coefficient (Wildman–Crippen LogP) is 2.81. The van der Waals surface area contributed by atoms with Crippen LogP contribution in [0.1, 0.15) is 22.7 Å². The molecule has 0 aliphatic carbocycles. The topological polar surface area (TPSA) is 90.3 Å². The lowest BCUT2D eigenvalue weighted by molar-refractivity contribution is -0.274. The molecular weight excluding hydrogens is 363 g/mol. The van der Waals surface area contributed by atoms with Crippen LogP contribution in [0.4, 0.5) is 13.2 Å². The van der Waals surface area contributed by atoms with Gasteiger partial charge in [0.15, 0.2) is 0 Å². The number of benzene rings is 1. The molecule has 140 valence electrons. The van der Waals surface area contributed by atoms with Gasteiger partial charge in [0, 0.05) is 18.8 Å². The average molecular weight is 377 g/mol. The maximum atomic E-state index is 12.8. The Morgan fingerprint density at radius 3 is 2.48 bits per heavy atom. The smallest absolute Gasteiger partial charge is 0.440 e. The summed E-state index contributed by atoms with van der Waals surface area (Å²) in [7, 11) is 1.57. The van der Waals surface area contributed by atoms with Crippen LogP contribution in [0.25, 0.3) is 0 Å². The van der Waals surface area contributed by atoms with Crippen LogP contribution in [0.15, 0.2) is 46.6 Å². The highest BCUT2D eigenvalue weighted by Gasteiger charge is 2.35. The van der Waals surface area contributed by atoms with Crippen LogP contribution >= 0.6 is 0 Å². The van der Waals surface area contributed by atoms with Crippen molar-refractivity contribution in [3.05, 3.63) is 69.0 Å². The fourth-order valence-corrected chi connectivity index (χ4v) is 2.94. The minimum atomic E-state index is -4.82. The summed E-state index contributed by atoms with van der Waals surface area (Å²) in [6, 6.07) is 8.47. The van der Waals surface area contributed by atoms with E-state index in [1.165, 1.54) is 16.7 Å². The molecule has 3 rings (SSSR count). The fourth-order valence-electron chi connectivity index (χ4n) is 2.94. The van der Waals surface area contributed by atoms with Gasteiger partial charge in [0.1, 0.15) is 23.1 Å². The maximum Gasteiger partial charge on any atom is 0.573 e. The van der Waals surface area contributed by atoms with Crippen molar-refractivity contribution in [2.24, 2.45) is 12.8 Å². The van der Waals surface area contributed by atoms with Crippen molar-refractivity contribution in [1.29, 1.82) is 5.26 Å². The number of pyridine rings is 1. The molecule has 0 bridgehead atoms. The molecule has 1 aliphatic rings. The Hall–Kier alpha value is -3.41. The van der Waals surface area contributed by atoms with Gasteiger partial charge in [0.25, 0.3) is 5.56 Å². The normalized spacial score (nSPS) is 16.4. The molecule has 1 aliphatic heterocycles. The van der Waals surface area contributed by atoms with Crippen molar-refractivity contribution < 1.29 is 22.6 Å². The summed E-state index contributed by atoms with van der Waals surface area (Å²) in [6.45, 7) is 1.71. The van der Waals surface area contributed by atoms with Crippen LogP contribution in [0.2, 0.25) is 0 Å². The summed E-state index contributed by atoms with van der Waals surface area (Å²) in [5, 5.41) is 9.49.